The quantitative estimate of drug-likeness (QED) is 0.628. The van der Waals surface area contributed by atoms with Crippen LogP contribution >= 0.6 is 23.4 Å². The Morgan fingerprint density at radius 2 is 1.91 bits per heavy atom. The molecule has 4 rings (SSSR count). The van der Waals surface area contributed by atoms with Crippen LogP contribution in [0.25, 0.3) is 0 Å². The first-order valence-electron chi connectivity index (χ1n) is 9.95. The van der Waals surface area contributed by atoms with Gasteiger partial charge in [-0.05, 0) is 42.3 Å². The van der Waals surface area contributed by atoms with Crippen molar-refractivity contribution in [3.8, 4) is 11.5 Å². The highest BCUT2D eigenvalue weighted by Gasteiger charge is 2.49. The number of amidine groups is 1. The molecule has 2 saturated heterocycles. The molecule has 1 amide bonds. The molecule has 0 unspecified atom stereocenters. The second kappa shape index (κ2) is 8.96. The van der Waals surface area contributed by atoms with Crippen LogP contribution in [0.3, 0.4) is 0 Å². The van der Waals surface area contributed by atoms with Gasteiger partial charge in [0, 0.05) is 16.0 Å². The van der Waals surface area contributed by atoms with Crippen molar-refractivity contribution >= 4 is 50.0 Å². The van der Waals surface area contributed by atoms with Crippen molar-refractivity contribution in [3.63, 3.8) is 0 Å². The maximum Gasteiger partial charge on any atom is 0.252 e. The standard InChI is InChI=1S/C22H23ClN2O5S2/c1-13-4-6-15(23)10-16(13)25-17-11-32(27,28)12-20(17)31-22(25)24-21(26)9-14-5-7-18(29-2)19(8-14)30-3/h4-8,10,17,20H,9,11-12H2,1-3H3/t17-,20-/m1/s1. The average Bonchev–Trinajstić information content (AvgIpc) is 3.20. The molecule has 0 bridgehead atoms. The molecule has 0 aromatic heterocycles. The maximum absolute atomic E-state index is 12.9. The van der Waals surface area contributed by atoms with Gasteiger partial charge in [-0.2, -0.15) is 4.99 Å². The number of aryl methyl sites for hydroxylation is 1. The number of fused-ring (bicyclic) bond motifs is 1. The second-order valence-corrected chi connectivity index (χ2v) is 11.6. The molecule has 2 fully saturated rings. The van der Waals surface area contributed by atoms with Gasteiger partial charge < -0.3 is 14.4 Å². The molecular weight excluding hydrogens is 472 g/mol. The second-order valence-electron chi connectivity index (χ2n) is 7.76. The van der Waals surface area contributed by atoms with Crippen LogP contribution in [-0.4, -0.2) is 56.5 Å². The third-order valence-electron chi connectivity index (χ3n) is 5.52. The van der Waals surface area contributed by atoms with Gasteiger partial charge in [-0.1, -0.05) is 35.5 Å². The van der Waals surface area contributed by atoms with Crippen LogP contribution in [0.5, 0.6) is 11.5 Å². The van der Waals surface area contributed by atoms with Crippen LogP contribution in [0.2, 0.25) is 5.02 Å². The smallest absolute Gasteiger partial charge is 0.252 e. The highest BCUT2D eigenvalue weighted by Crippen LogP contribution is 2.42. The molecule has 7 nitrogen and oxygen atoms in total. The molecule has 10 heteroatoms. The Kier molecular flexibility index (Phi) is 6.42. The molecule has 0 aliphatic carbocycles. The number of carbonyl (C=O) groups is 1. The van der Waals surface area contributed by atoms with Gasteiger partial charge in [0.25, 0.3) is 5.91 Å². The lowest BCUT2D eigenvalue weighted by atomic mass is 10.1. The summed E-state index contributed by atoms with van der Waals surface area (Å²) >= 11 is 7.57. The van der Waals surface area contributed by atoms with E-state index in [0.29, 0.717) is 21.7 Å². The molecule has 0 spiro atoms. The van der Waals surface area contributed by atoms with Gasteiger partial charge in [0.05, 0.1) is 38.2 Å². The Labute approximate surface area is 196 Å². The van der Waals surface area contributed by atoms with Crippen molar-refractivity contribution < 1.29 is 22.7 Å². The zero-order chi connectivity index (χ0) is 23.0. The SMILES string of the molecule is COc1ccc(CC(=O)N=C2S[C@@H]3CS(=O)(=O)C[C@H]3N2c2cc(Cl)ccc2C)cc1OC. The summed E-state index contributed by atoms with van der Waals surface area (Å²) in [5, 5.41) is 0.868. The predicted octanol–water partition coefficient (Wildman–Crippen LogP) is 3.51. The first-order chi connectivity index (χ1) is 15.2. The Bertz CT molecular complexity index is 1200. The molecule has 2 atom stereocenters. The number of thioether (sulfide) groups is 1. The number of nitrogens with zero attached hydrogens (tertiary/aromatic N) is 2. The summed E-state index contributed by atoms with van der Waals surface area (Å²) in [5.41, 5.74) is 2.44. The van der Waals surface area contributed by atoms with Crippen molar-refractivity contribution in [3.05, 3.63) is 52.5 Å². The molecule has 32 heavy (non-hydrogen) atoms. The van der Waals surface area contributed by atoms with Crippen molar-refractivity contribution in [2.45, 2.75) is 24.6 Å². The lowest BCUT2D eigenvalue weighted by Gasteiger charge is -2.26. The number of benzene rings is 2. The number of sulfone groups is 1. The van der Waals surface area contributed by atoms with Crippen LogP contribution in [-0.2, 0) is 21.1 Å². The Morgan fingerprint density at radius 1 is 1.16 bits per heavy atom. The largest absolute Gasteiger partial charge is 0.493 e. The highest BCUT2D eigenvalue weighted by molar-refractivity contribution is 8.16. The number of hydrogen-bond acceptors (Lipinski definition) is 6. The number of amides is 1. The zero-order valence-corrected chi connectivity index (χ0v) is 20.3. The Morgan fingerprint density at radius 3 is 2.62 bits per heavy atom. The lowest BCUT2D eigenvalue weighted by molar-refractivity contribution is -0.117. The summed E-state index contributed by atoms with van der Waals surface area (Å²) in [6.45, 7) is 1.93. The van der Waals surface area contributed by atoms with Gasteiger partial charge >= 0.3 is 0 Å². The van der Waals surface area contributed by atoms with E-state index in [1.54, 1.807) is 37.4 Å². The minimum absolute atomic E-state index is 0.0273. The van der Waals surface area contributed by atoms with E-state index in [4.69, 9.17) is 21.1 Å². The molecule has 170 valence electrons. The molecular formula is C22H23ClN2O5S2. The number of anilines is 1. The van der Waals surface area contributed by atoms with Gasteiger partial charge in [-0.15, -0.1) is 0 Å². The fourth-order valence-corrected chi connectivity index (χ4v) is 8.09. The first kappa shape index (κ1) is 22.9. The van der Waals surface area contributed by atoms with Crippen molar-refractivity contribution in [1.29, 1.82) is 0 Å². The van der Waals surface area contributed by atoms with Crippen LogP contribution in [0.4, 0.5) is 5.69 Å². The Balaban J connectivity index is 1.65. The van der Waals surface area contributed by atoms with E-state index in [2.05, 4.69) is 4.99 Å². The van der Waals surface area contributed by atoms with Gasteiger partial charge in [0.15, 0.2) is 26.5 Å². The fourth-order valence-electron chi connectivity index (χ4n) is 4.00. The van der Waals surface area contributed by atoms with E-state index in [9.17, 15) is 13.2 Å². The van der Waals surface area contributed by atoms with Crippen molar-refractivity contribution in [2.75, 3.05) is 30.6 Å². The average molecular weight is 495 g/mol. The monoisotopic (exact) mass is 494 g/mol. The molecule has 0 saturated carbocycles. The van der Waals surface area contributed by atoms with E-state index in [0.717, 1.165) is 16.8 Å². The van der Waals surface area contributed by atoms with Gasteiger partial charge in [-0.3, -0.25) is 4.79 Å². The first-order valence-corrected chi connectivity index (χ1v) is 13.0. The summed E-state index contributed by atoms with van der Waals surface area (Å²) in [5.74, 6) is 0.891. The molecule has 2 aromatic rings. The third kappa shape index (κ3) is 4.60. The molecule has 2 aromatic carbocycles. The number of aliphatic imine (C=N–C) groups is 1. The fraction of sp³-hybridized carbons (Fsp3) is 0.364. The van der Waals surface area contributed by atoms with Crippen molar-refractivity contribution in [2.24, 2.45) is 4.99 Å². The normalized spacial score (nSPS) is 22.8. The number of carbonyl (C=O) groups excluding carboxylic acids is 1. The number of hydrogen-bond donors (Lipinski definition) is 0. The predicted molar refractivity (Wildman–Crippen MR) is 128 cm³/mol. The number of rotatable bonds is 5. The van der Waals surface area contributed by atoms with E-state index in [-0.39, 0.29) is 35.1 Å². The van der Waals surface area contributed by atoms with Crippen LogP contribution in [0, 0.1) is 6.92 Å². The third-order valence-corrected chi connectivity index (χ3v) is 8.97. The maximum atomic E-state index is 12.9. The summed E-state index contributed by atoms with van der Waals surface area (Å²) in [7, 11) is -0.0557. The molecule has 2 aliphatic heterocycles. The van der Waals surface area contributed by atoms with E-state index in [1.165, 1.54) is 18.9 Å². The summed E-state index contributed by atoms with van der Waals surface area (Å²) < 4.78 is 35.1. The van der Waals surface area contributed by atoms with Crippen LogP contribution in [0.15, 0.2) is 41.4 Å². The van der Waals surface area contributed by atoms with Crippen LogP contribution in [0.1, 0.15) is 11.1 Å². The van der Waals surface area contributed by atoms with Crippen molar-refractivity contribution in [1.82, 2.24) is 0 Å². The molecule has 0 radical (unpaired) electrons. The lowest BCUT2D eigenvalue weighted by Crippen LogP contribution is -2.38. The summed E-state index contributed by atoms with van der Waals surface area (Å²) in [6.07, 6.45) is 0.0837. The van der Waals surface area contributed by atoms with Gasteiger partial charge in [0.2, 0.25) is 0 Å². The molecule has 0 N–H and O–H groups in total. The van der Waals surface area contributed by atoms with Crippen LogP contribution < -0.4 is 14.4 Å². The van der Waals surface area contributed by atoms with Gasteiger partial charge in [-0.25, -0.2) is 8.42 Å². The number of methoxy groups -OCH3 is 2. The van der Waals surface area contributed by atoms with E-state index < -0.39 is 9.84 Å². The van der Waals surface area contributed by atoms with Gasteiger partial charge in [0.1, 0.15) is 0 Å². The molecule has 2 heterocycles. The molecule has 2 aliphatic rings. The number of ether oxygens (including phenoxy) is 2. The van der Waals surface area contributed by atoms with E-state index in [1.807, 2.05) is 17.9 Å². The highest BCUT2D eigenvalue weighted by atomic mass is 35.5. The minimum Gasteiger partial charge on any atom is -0.493 e. The zero-order valence-electron chi connectivity index (χ0n) is 17.9. The van der Waals surface area contributed by atoms with E-state index >= 15 is 0 Å². The Hall–Kier alpha value is -2.23. The topological polar surface area (TPSA) is 85.3 Å². The number of halogens is 1. The summed E-state index contributed by atoms with van der Waals surface area (Å²) in [6, 6.07) is 10.5. The summed E-state index contributed by atoms with van der Waals surface area (Å²) in [4.78, 5) is 19.1. The minimum atomic E-state index is -3.15.